The maximum Gasteiger partial charge on any atom is 0.498 e. The lowest BCUT2D eigenvalue weighted by molar-refractivity contribution is 0.179. The van der Waals surface area contributed by atoms with Gasteiger partial charge in [-0.2, -0.15) is 0 Å². The molecule has 0 spiro atoms. The van der Waals surface area contributed by atoms with E-state index in [-0.39, 0.29) is 7.12 Å². The summed E-state index contributed by atoms with van der Waals surface area (Å²) in [6, 6.07) is 4.08. The van der Waals surface area contributed by atoms with Crippen LogP contribution in [0.1, 0.15) is 11.1 Å². The predicted octanol–water partition coefficient (Wildman–Crippen LogP) is 0.629. The summed E-state index contributed by atoms with van der Waals surface area (Å²) in [5, 5.41) is 0. The molecule has 0 fully saturated rings. The van der Waals surface area contributed by atoms with Gasteiger partial charge in [0.15, 0.2) is 0 Å². The first kappa shape index (κ1) is 8.32. The van der Waals surface area contributed by atoms with Crippen molar-refractivity contribution in [2.24, 2.45) is 0 Å². The highest BCUT2D eigenvalue weighted by molar-refractivity contribution is 6.64. The van der Waals surface area contributed by atoms with Gasteiger partial charge in [0, 0.05) is 5.46 Å². The summed E-state index contributed by atoms with van der Waals surface area (Å²) in [6.07, 6.45) is 0. The van der Waals surface area contributed by atoms with Gasteiger partial charge in [-0.1, -0.05) is 6.07 Å². The molecule has 2 aliphatic heterocycles. The molecule has 1 aromatic rings. The van der Waals surface area contributed by atoms with Gasteiger partial charge in [0.05, 0.1) is 13.2 Å². The minimum absolute atomic E-state index is 0.206. The van der Waals surface area contributed by atoms with E-state index in [4.69, 9.17) is 14.0 Å². The van der Waals surface area contributed by atoms with E-state index in [0.717, 1.165) is 11.2 Å². The maximum absolute atomic E-state index is 5.59. The number of benzene rings is 1. The Bertz CT molecular complexity index is 378. The molecule has 0 aromatic heterocycles. The van der Waals surface area contributed by atoms with Crippen molar-refractivity contribution in [3.05, 3.63) is 23.3 Å². The van der Waals surface area contributed by atoms with Crippen LogP contribution in [0.5, 0.6) is 5.75 Å². The van der Waals surface area contributed by atoms with Crippen LogP contribution in [0.4, 0.5) is 0 Å². The van der Waals surface area contributed by atoms with Crippen molar-refractivity contribution in [3.8, 4) is 5.75 Å². The Hall–Kier alpha value is -0.995. The lowest BCUT2D eigenvalue weighted by Crippen LogP contribution is -2.31. The summed E-state index contributed by atoms with van der Waals surface area (Å²) in [5.74, 6) is 0.922. The molecule has 2 aliphatic rings. The third kappa shape index (κ3) is 1.08. The molecule has 0 amide bonds. The number of ether oxygens (including phenoxy) is 1. The Labute approximate surface area is 83.1 Å². The Morgan fingerprint density at radius 1 is 1.21 bits per heavy atom. The van der Waals surface area contributed by atoms with E-state index in [1.165, 1.54) is 11.1 Å². The molecule has 2 heterocycles. The van der Waals surface area contributed by atoms with E-state index >= 15 is 0 Å². The third-order valence-electron chi connectivity index (χ3n) is 2.78. The first-order chi connectivity index (χ1) is 6.86. The largest absolute Gasteiger partial charge is 0.498 e. The summed E-state index contributed by atoms with van der Waals surface area (Å²) in [6.45, 7) is 3.93. The van der Waals surface area contributed by atoms with Gasteiger partial charge < -0.3 is 14.0 Å². The normalized spacial score (nSPS) is 18.8. The highest BCUT2D eigenvalue weighted by Crippen LogP contribution is 2.24. The van der Waals surface area contributed by atoms with E-state index in [0.29, 0.717) is 19.8 Å². The van der Waals surface area contributed by atoms with Gasteiger partial charge in [-0.3, -0.25) is 0 Å². The molecule has 0 N–H and O–H groups in total. The second-order valence-corrected chi connectivity index (χ2v) is 3.64. The Balaban J connectivity index is 2.20. The molecule has 0 aliphatic carbocycles. The quantitative estimate of drug-likeness (QED) is 0.561. The van der Waals surface area contributed by atoms with Crippen molar-refractivity contribution in [3.63, 3.8) is 0 Å². The monoisotopic (exact) mass is 190 g/mol. The fraction of sp³-hybridized carbons (Fsp3) is 0.400. The van der Waals surface area contributed by atoms with Gasteiger partial charge in [-0.15, -0.1) is 0 Å². The maximum atomic E-state index is 5.59. The van der Waals surface area contributed by atoms with E-state index in [9.17, 15) is 0 Å². The Morgan fingerprint density at radius 3 is 3.07 bits per heavy atom. The van der Waals surface area contributed by atoms with Gasteiger partial charge in [0.25, 0.3) is 0 Å². The third-order valence-corrected chi connectivity index (χ3v) is 2.78. The Morgan fingerprint density at radius 2 is 2.14 bits per heavy atom. The van der Waals surface area contributed by atoms with Crippen LogP contribution in [-0.2, 0) is 15.9 Å². The summed E-state index contributed by atoms with van der Waals surface area (Å²) in [7, 11) is -0.206. The predicted molar refractivity (Wildman–Crippen MR) is 52.8 cm³/mol. The van der Waals surface area contributed by atoms with Crippen molar-refractivity contribution in [2.75, 3.05) is 13.2 Å². The van der Waals surface area contributed by atoms with Crippen LogP contribution in [0, 0.1) is 6.92 Å². The van der Waals surface area contributed by atoms with Crippen LogP contribution in [0.3, 0.4) is 0 Å². The molecule has 72 valence electrons. The number of hydrogen-bond acceptors (Lipinski definition) is 3. The van der Waals surface area contributed by atoms with Crippen molar-refractivity contribution >= 4 is 12.6 Å². The topological polar surface area (TPSA) is 27.7 Å². The molecule has 0 bridgehead atoms. The van der Waals surface area contributed by atoms with Crippen LogP contribution in [0.25, 0.3) is 0 Å². The first-order valence-electron chi connectivity index (χ1n) is 4.84. The molecule has 4 heteroatoms. The molecule has 0 atom stereocenters. The van der Waals surface area contributed by atoms with Crippen LogP contribution < -0.4 is 10.2 Å². The number of hydrogen-bond donors (Lipinski definition) is 0. The minimum atomic E-state index is -0.206. The zero-order valence-electron chi connectivity index (χ0n) is 8.08. The fourth-order valence-electron chi connectivity index (χ4n) is 2.01. The van der Waals surface area contributed by atoms with Crippen molar-refractivity contribution in [1.82, 2.24) is 0 Å². The fourth-order valence-corrected chi connectivity index (χ4v) is 2.01. The van der Waals surface area contributed by atoms with Crippen molar-refractivity contribution in [2.45, 2.75) is 13.5 Å². The molecular weight excluding hydrogens is 179 g/mol. The summed E-state index contributed by atoms with van der Waals surface area (Å²) >= 11 is 0. The minimum Gasteiger partial charge on any atom is -0.492 e. The lowest BCUT2D eigenvalue weighted by Gasteiger charge is -2.08. The molecule has 3 rings (SSSR count). The van der Waals surface area contributed by atoms with E-state index in [1.54, 1.807) is 0 Å². The SMILES string of the molecule is Cc1ccc2c3c1COB3OCCO2. The first-order valence-corrected chi connectivity index (χ1v) is 4.84. The summed E-state index contributed by atoms with van der Waals surface area (Å²) in [4.78, 5) is 0. The lowest BCUT2D eigenvalue weighted by atomic mass is 9.77. The molecular formula is C10H11BO3. The van der Waals surface area contributed by atoms with Gasteiger partial charge in [-0.05, 0) is 24.1 Å². The average Bonchev–Trinajstić information content (AvgIpc) is 2.51. The highest BCUT2D eigenvalue weighted by Gasteiger charge is 2.36. The molecule has 14 heavy (non-hydrogen) atoms. The van der Waals surface area contributed by atoms with Gasteiger partial charge >= 0.3 is 7.12 Å². The smallest absolute Gasteiger partial charge is 0.492 e. The molecule has 0 saturated carbocycles. The number of rotatable bonds is 0. The molecule has 0 unspecified atom stereocenters. The van der Waals surface area contributed by atoms with Gasteiger partial charge in [-0.25, -0.2) is 0 Å². The molecule has 1 aromatic carbocycles. The van der Waals surface area contributed by atoms with Gasteiger partial charge in [0.1, 0.15) is 12.4 Å². The van der Waals surface area contributed by atoms with Crippen LogP contribution in [0.15, 0.2) is 12.1 Å². The summed E-state index contributed by atoms with van der Waals surface area (Å²) in [5.41, 5.74) is 3.58. The number of aryl methyl sites for hydroxylation is 1. The van der Waals surface area contributed by atoms with E-state index < -0.39 is 0 Å². The van der Waals surface area contributed by atoms with Crippen LogP contribution in [-0.4, -0.2) is 20.3 Å². The molecule has 0 saturated heterocycles. The van der Waals surface area contributed by atoms with Crippen LogP contribution >= 0.6 is 0 Å². The zero-order chi connectivity index (χ0) is 9.54. The Kier molecular flexibility index (Phi) is 1.79. The molecule has 3 nitrogen and oxygen atoms in total. The average molecular weight is 190 g/mol. The second kappa shape index (κ2) is 3.00. The second-order valence-electron chi connectivity index (χ2n) is 3.64. The van der Waals surface area contributed by atoms with Crippen molar-refractivity contribution in [1.29, 1.82) is 0 Å². The van der Waals surface area contributed by atoms with Crippen LogP contribution in [0.2, 0.25) is 0 Å². The summed E-state index contributed by atoms with van der Waals surface area (Å²) < 4.78 is 16.7. The van der Waals surface area contributed by atoms with E-state index in [2.05, 4.69) is 13.0 Å². The molecule has 0 radical (unpaired) electrons. The highest BCUT2D eigenvalue weighted by atomic mass is 16.6. The standard InChI is InChI=1S/C10H11BO3/c1-7-2-3-9-10-8(7)6-14-11(10)13-5-4-12-9/h2-3H,4-6H2,1H3. The van der Waals surface area contributed by atoms with E-state index in [1.807, 2.05) is 6.07 Å². The van der Waals surface area contributed by atoms with Crippen molar-refractivity contribution < 1.29 is 14.0 Å². The zero-order valence-corrected chi connectivity index (χ0v) is 8.08. The van der Waals surface area contributed by atoms with Gasteiger partial charge in [0.2, 0.25) is 0 Å².